The average Bonchev–Trinajstić information content (AvgIpc) is 3.23. The number of allylic oxidation sites excluding steroid dienone is 12. The summed E-state index contributed by atoms with van der Waals surface area (Å²) in [6.45, 7) is 6.43. The zero-order chi connectivity index (χ0) is 43.0. The van der Waals surface area contributed by atoms with Crippen molar-refractivity contribution >= 4 is 17.9 Å². The van der Waals surface area contributed by atoms with Crippen molar-refractivity contribution in [2.24, 2.45) is 0 Å². The van der Waals surface area contributed by atoms with Gasteiger partial charge in [-0.1, -0.05) is 216 Å². The quantitative estimate of drug-likeness (QED) is 0.0264. The standard InChI is InChI=1S/C53H90O6/c1-4-7-10-13-16-19-22-24-25-26-27-28-30-31-34-37-40-43-46-52(55)58-49-50(48-57-51(54)45-42-39-36-33-21-18-15-12-9-6-3)59-53(56)47-44-41-38-35-32-29-23-20-17-14-11-8-5-2/h8,11,14,17,20,22-28,50H,4-7,9-10,12-13,15-16,18-19,21,29-49H2,1-3H3/b11-8-,17-14-,23-20-,24-22-,26-25-,28-27-. The number of unbranched alkanes of at least 4 members (excludes halogenated alkanes) is 24. The van der Waals surface area contributed by atoms with Gasteiger partial charge >= 0.3 is 17.9 Å². The monoisotopic (exact) mass is 823 g/mol. The molecule has 0 heterocycles. The van der Waals surface area contributed by atoms with Crippen LogP contribution in [0.3, 0.4) is 0 Å². The van der Waals surface area contributed by atoms with E-state index in [0.29, 0.717) is 19.3 Å². The molecular formula is C53H90O6. The van der Waals surface area contributed by atoms with E-state index in [1.54, 1.807) is 0 Å². The van der Waals surface area contributed by atoms with Crippen LogP contribution < -0.4 is 0 Å². The molecule has 0 fully saturated rings. The van der Waals surface area contributed by atoms with Crippen LogP contribution >= 0.6 is 0 Å². The number of carbonyl (C=O) groups is 3. The molecule has 0 aliphatic rings. The second-order valence-electron chi connectivity index (χ2n) is 16.1. The molecule has 6 nitrogen and oxygen atoms in total. The van der Waals surface area contributed by atoms with Gasteiger partial charge in [0.05, 0.1) is 0 Å². The van der Waals surface area contributed by atoms with Crippen molar-refractivity contribution in [1.29, 1.82) is 0 Å². The minimum Gasteiger partial charge on any atom is -0.462 e. The number of esters is 3. The van der Waals surface area contributed by atoms with Gasteiger partial charge in [-0.15, -0.1) is 0 Å². The van der Waals surface area contributed by atoms with Gasteiger partial charge in [-0.25, -0.2) is 0 Å². The third-order valence-corrected chi connectivity index (χ3v) is 10.3. The first-order valence-electron chi connectivity index (χ1n) is 24.5. The first-order chi connectivity index (χ1) is 29.0. The maximum atomic E-state index is 12.7. The summed E-state index contributed by atoms with van der Waals surface area (Å²) in [5.41, 5.74) is 0. The summed E-state index contributed by atoms with van der Waals surface area (Å²) < 4.78 is 16.7. The molecule has 0 aromatic carbocycles. The molecule has 0 saturated carbocycles. The molecule has 0 radical (unpaired) electrons. The van der Waals surface area contributed by atoms with Gasteiger partial charge in [0, 0.05) is 19.3 Å². The molecule has 0 aliphatic carbocycles. The molecule has 6 heteroatoms. The van der Waals surface area contributed by atoms with Crippen LogP contribution in [0.4, 0.5) is 0 Å². The lowest BCUT2D eigenvalue weighted by atomic mass is 10.1. The molecular weight excluding hydrogens is 733 g/mol. The second-order valence-corrected chi connectivity index (χ2v) is 16.1. The van der Waals surface area contributed by atoms with Crippen molar-refractivity contribution in [3.8, 4) is 0 Å². The maximum absolute atomic E-state index is 12.7. The van der Waals surface area contributed by atoms with Crippen LogP contribution in [0.1, 0.15) is 226 Å². The fraction of sp³-hybridized carbons (Fsp3) is 0.717. The number of hydrogen-bond donors (Lipinski definition) is 0. The number of rotatable bonds is 43. The van der Waals surface area contributed by atoms with E-state index in [4.69, 9.17) is 14.2 Å². The molecule has 338 valence electrons. The van der Waals surface area contributed by atoms with Gasteiger partial charge < -0.3 is 14.2 Å². The van der Waals surface area contributed by atoms with Gasteiger partial charge in [-0.3, -0.25) is 14.4 Å². The largest absolute Gasteiger partial charge is 0.462 e. The fourth-order valence-corrected chi connectivity index (χ4v) is 6.62. The van der Waals surface area contributed by atoms with E-state index in [9.17, 15) is 14.4 Å². The van der Waals surface area contributed by atoms with Crippen molar-refractivity contribution in [3.63, 3.8) is 0 Å². The highest BCUT2D eigenvalue weighted by Crippen LogP contribution is 2.14. The van der Waals surface area contributed by atoms with Crippen molar-refractivity contribution in [3.05, 3.63) is 72.9 Å². The minimum absolute atomic E-state index is 0.0899. The van der Waals surface area contributed by atoms with Crippen LogP contribution in [0, 0.1) is 0 Å². The lowest BCUT2D eigenvalue weighted by Gasteiger charge is -2.18. The summed E-state index contributed by atoms with van der Waals surface area (Å²) >= 11 is 0. The third kappa shape index (κ3) is 45.8. The van der Waals surface area contributed by atoms with E-state index < -0.39 is 6.10 Å². The number of carbonyl (C=O) groups excluding carboxylic acids is 3. The highest BCUT2D eigenvalue weighted by Gasteiger charge is 2.19. The molecule has 1 unspecified atom stereocenters. The molecule has 0 rings (SSSR count). The summed E-state index contributed by atoms with van der Waals surface area (Å²) in [5.74, 6) is -0.934. The zero-order valence-electron chi connectivity index (χ0n) is 38.5. The van der Waals surface area contributed by atoms with Crippen molar-refractivity contribution in [1.82, 2.24) is 0 Å². The fourth-order valence-electron chi connectivity index (χ4n) is 6.62. The van der Waals surface area contributed by atoms with Crippen molar-refractivity contribution in [2.45, 2.75) is 232 Å². The van der Waals surface area contributed by atoms with Gasteiger partial charge in [0.15, 0.2) is 6.10 Å². The molecule has 0 bridgehead atoms. The molecule has 0 aliphatic heterocycles. The summed E-state index contributed by atoms with van der Waals surface area (Å²) in [5, 5.41) is 0. The number of ether oxygens (including phenoxy) is 3. The van der Waals surface area contributed by atoms with Crippen molar-refractivity contribution < 1.29 is 28.6 Å². The Kier molecular flexibility index (Phi) is 45.0. The molecule has 0 aromatic rings. The first kappa shape index (κ1) is 55.9. The topological polar surface area (TPSA) is 78.9 Å². The van der Waals surface area contributed by atoms with Crippen LogP contribution in [0.25, 0.3) is 0 Å². The molecule has 0 aromatic heterocycles. The molecule has 59 heavy (non-hydrogen) atoms. The Labute approximate surface area is 363 Å². The van der Waals surface area contributed by atoms with Crippen LogP contribution in [0.2, 0.25) is 0 Å². The Bertz CT molecular complexity index is 1130. The molecule has 0 spiro atoms. The molecule has 1 atom stereocenters. The Hall–Kier alpha value is -3.15. The van der Waals surface area contributed by atoms with Gasteiger partial charge in [0.2, 0.25) is 0 Å². The van der Waals surface area contributed by atoms with Crippen LogP contribution in [0.5, 0.6) is 0 Å². The average molecular weight is 823 g/mol. The summed E-state index contributed by atoms with van der Waals surface area (Å²) in [6, 6.07) is 0. The Morgan fingerprint density at radius 1 is 0.356 bits per heavy atom. The van der Waals surface area contributed by atoms with E-state index >= 15 is 0 Å². The summed E-state index contributed by atoms with van der Waals surface area (Å²) in [7, 11) is 0. The highest BCUT2D eigenvalue weighted by atomic mass is 16.6. The minimum atomic E-state index is -0.791. The Balaban J connectivity index is 4.42. The van der Waals surface area contributed by atoms with Crippen molar-refractivity contribution in [2.75, 3.05) is 13.2 Å². The van der Waals surface area contributed by atoms with Gasteiger partial charge in [-0.2, -0.15) is 0 Å². The lowest BCUT2D eigenvalue weighted by Crippen LogP contribution is -2.30. The number of hydrogen-bond acceptors (Lipinski definition) is 6. The predicted octanol–water partition coefficient (Wildman–Crippen LogP) is 15.9. The van der Waals surface area contributed by atoms with Gasteiger partial charge in [0.1, 0.15) is 13.2 Å². The molecule has 0 amide bonds. The van der Waals surface area contributed by atoms with Gasteiger partial charge in [0.25, 0.3) is 0 Å². The summed E-state index contributed by atoms with van der Waals surface area (Å²) in [6.07, 6.45) is 58.8. The van der Waals surface area contributed by atoms with Crippen LogP contribution in [-0.4, -0.2) is 37.2 Å². The van der Waals surface area contributed by atoms with Crippen LogP contribution in [0.15, 0.2) is 72.9 Å². The van der Waals surface area contributed by atoms with E-state index in [-0.39, 0.29) is 31.1 Å². The molecule has 0 saturated heterocycles. The smallest absolute Gasteiger partial charge is 0.306 e. The molecule has 0 N–H and O–H groups in total. The third-order valence-electron chi connectivity index (χ3n) is 10.3. The zero-order valence-corrected chi connectivity index (χ0v) is 38.5. The predicted molar refractivity (Wildman–Crippen MR) is 251 cm³/mol. The second kappa shape index (κ2) is 47.5. The van der Waals surface area contributed by atoms with E-state index in [0.717, 1.165) is 103 Å². The Morgan fingerprint density at radius 2 is 0.661 bits per heavy atom. The van der Waals surface area contributed by atoms with E-state index in [1.165, 1.54) is 83.5 Å². The lowest BCUT2D eigenvalue weighted by molar-refractivity contribution is -0.167. The van der Waals surface area contributed by atoms with Crippen LogP contribution in [-0.2, 0) is 28.6 Å². The summed E-state index contributed by atoms with van der Waals surface area (Å²) in [4.78, 5) is 37.8. The van der Waals surface area contributed by atoms with E-state index in [1.807, 2.05) is 0 Å². The highest BCUT2D eigenvalue weighted by molar-refractivity contribution is 5.71. The Morgan fingerprint density at radius 3 is 1.02 bits per heavy atom. The maximum Gasteiger partial charge on any atom is 0.306 e. The SMILES string of the molecule is CC\C=C/C=C\C=C/CCCCCCCC(=O)OC(COC(=O)CCCCCCC\C=C/C=C\C=C/CCCCCCC)COC(=O)CCCCCCCCCCCC. The normalized spacial score (nSPS) is 12.7. The first-order valence-corrected chi connectivity index (χ1v) is 24.5. The van der Waals surface area contributed by atoms with Gasteiger partial charge in [-0.05, 0) is 64.2 Å². The van der Waals surface area contributed by atoms with E-state index in [2.05, 4.69) is 93.7 Å².